The van der Waals surface area contributed by atoms with E-state index in [1.807, 2.05) is 0 Å². The summed E-state index contributed by atoms with van der Waals surface area (Å²) in [6.45, 7) is 9.12. The number of hydrogen-bond acceptors (Lipinski definition) is 0. The van der Waals surface area contributed by atoms with Crippen LogP contribution in [0, 0.1) is 0 Å². The molecule has 0 aliphatic rings. The van der Waals surface area contributed by atoms with Crippen LogP contribution in [0.4, 0.5) is 0 Å². The van der Waals surface area contributed by atoms with Crippen molar-refractivity contribution in [3.8, 4) is 0 Å². The van der Waals surface area contributed by atoms with E-state index in [0.717, 1.165) is 0 Å². The third-order valence-corrected chi connectivity index (χ3v) is 7.41. The average Bonchev–Trinajstić information content (AvgIpc) is 2.43. The van der Waals surface area contributed by atoms with Gasteiger partial charge in [0.15, 0.2) is 0 Å². The van der Waals surface area contributed by atoms with Crippen molar-refractivity contribution >= 4 is 21.1 Å². The topological polar surface area (TPSA) is 0 Å². The Morgan fingerprint density at radius 3 is 1.05 bits per heavy atom. The predicted octanol–water partition coefficient (Wildman–Crippen LogP) is 7.27. The molecule has 116 valence electrons. The molecule has 0 amide bonds. The number of unbranched alkanes of at least 4 members (excludes halogenated alkanes) is 9. The van der Waals surface area contributed by atoms with E-state index in [2.05, 4.69) is 27.7 Å². The van der Waals surface area contributed by atoms with E-state index in [1.54, 1.807) is 8.87 Å². The molecule has 0 spiro atoms. The fraction of sp³-hybridized carbons (Fsp3) is 1.00. The van der Waals surface area contributed by atoms with E-state index in [4.69, 9.17) is 0 Å². The summed E-state index contributed by atoms with van der Waals surface area (Å²) in [5, 5.41) is 0. The molecule has 0 aliphatic heterocycles. The van der Waals surface area contributed by atoms with Gasteiger partial charge in [-0.25, -0.2) is 0 Å². The second-order valence-electron chi connectivity index (χ2n) is 5.58. The fourth-order valence-corrected chi connectivity index (χ4v) is 6.09. The minimum atomic E-state index is 0.149. The van der Waals surface area contributed by atoms with Crippen LogP contribution in [0.2, 0.25) is 8.87 Å². The molecule has 0 saturated carbocycles. The zero-order chi connectivity index (χ0) is 14.6. The van der Waals surface area contributed by atoms with Crippen molar-refractivity contribution in [1.29, 1.82) is 0 Å². The minimum absolute atomic E-state index is 0.149. The van der Waals surface area contributed by atoms with Gasteiger partial charge in [-0.05, 0) is 0 Å². The van der Waals surface area contributed by atoms with Gasteiger partial charge in [0.2, 0.25) is 0 Å². The molecule has 0 fully saturated rings. The second-order valence-corrected chi connectivity index (χ2v) is 9.86. The summed E-state index contributed by atoms with van der Waals surface area (Å²) in [4.78, 5) is 0. The first-order valence-electron chi connectivity index (χ1n) is 9.04. The van der Waals surface area contributed by atoms with Gasteiger partial charge in [0.05, 0.1) is 0 Å². The van der Waals surface area contributed by atoms with E-state index >= 15 is 0 Å². The molecule has 0 nitrogen and oxygen atoms in total. The Morgan fingerprint density at radius 1 is 0.421 bits per heavy atom. The maximum atomic E-state index is 2.29. The van der Waals surface area contributed by atoms with Gasteiger partial charge < -0.3 is 0 Å². The molecule has 0 unspecified atom stereocenters. The van der Waals surface area contributed by atoms with Gasteiger partial charge in [-0.15, -0.1) is 0 Å². The Hall–Kier alpha value is 0.799. The Bertz CT molecular complexity index is 109. The zero-order valence-electron chi connectivity index (χ0n) is 14.4. The number of rotatable bonds is 13. The van der Waals surface area contributed by atoms with E-state index in [1.165, 1.54) is 77.0 Å². The van der Waals surface area contributed by atoms with Crippen molar-refractivity contribution in [1.82, 2.24) is 0 Å². The summed E-state index contributed by atoms with van der Waals surface area (Å²) in [5.41, 5.74) is 0. The first-order chi connectivity index (χ1) is 9.33. The molecule has 2 radical (unpaired) electrons. The summed E-state index contributed by atoms with van der Waals surface area (Å²) >= 11 is 0.149. The Balaban J connectivity index is 0. The molecule has 0 saturated heterocycles. The van der Waals surface area contributed by atoms with Crippen LogP contribution in [0.25, 0.3) is 0 Å². The molecule has 0 aromatic rings. The van der Waals surface area contributed by atoms with Gasteiger partial charge in [-0.1, -0.05) is 65.2 Å². The second kappa shape index (κ2) is 23.9. The third kappa shape index (κ3) is 27.9. The Labute approximate surface area is 134 Å². The summed E-state index contributed by atoms with van der Waals surface area (Å²) in [5.74, 6) is 0. The molecule has 0 aliphatic carbocycles. The zero-order valence-corrected chi connectivity index (χ0v) is 17.3. The van der Waals surface area contributed by atoms with Crippen molar-refractivity contribution in [3.63, 3.8) is 0 Å². The molecule has 0 aromatic carbocycles. The molecule has 19 heavy (non-hydrogen) atoms. The molecular formula is C18H40Sn. The molecule has 0 aromatic heterocycles. The van der Waals surface area contributed by atoms with Crippen molar-refractivity contribution in [2.75, 3.05) is 0 Å². The summed E-state index contributed by atoms with van der Waals surface area (Å²) in [7, 11) is 0. The van der Waals surface area contributed by atoms with Crippen molar-refractivity contribution in [2.45, 2.75) is 114 Å². The van der Waals surface area contributed by atoms with Crippen LogP contribution in [0.1, 0.15) is 105 Å². The standard InChI is InChI=1S/C10H22.2C4H9.Sn/c1-3-5-7-9-10-8-6-4-2;2*1-3-4-2;/h3-10H2,1-2H3;2*1,3-4H2,2H3;. The SMILES string of the molecule is CCCCCCCCCC.CCC[CH2][Sn][CH2]CCC. The molecule has 0 heterocycles. The van der Waals surface area contributed by atoms with Gasteiger partial charge in [0.25, 0.3) is 0 Å². The Kier molecular flexibility index (Phi) is 27.7. The van der Waals surface area contributed by atoms with E-state index in [0.29, 0.717) is 0 Å². The van der Waals surface area contributed by atoms with Crippen molar-refractivity contribution in [3.05, 3.63) is 0 Å². The van der Waals surface area contributed by atoms with E-state index < -0.39 is 0 Å². The monoisotopic (exact) mass is 376 g/mol. The van der Waals surface area contributed by atoms with E-state index in [9.17, 15) is 0 Å². The van der Waals surface area contributed by atoms with Gasteiger partial charge in [0.1, 0.15) is 0 Å². The van der Waals surface area contributed by atoms with Gasteiger partial charge in [-0.3, -0.25) is 0 Å². The van der Waals surface area contributed by atoms with Gasteiger partial charge >= 0.3 is 69.5 Å². The van der Waals surface area contributed by atoms with Crippen molar-refractivity contribution in [2.24, 2.45) is 0 Å². The third-order valence-electron chi connectivity index (χ3n) is 3.37. The summed E-state index contributed by atoms with van der Waals surface area (Å²) < 4.78 is 3.25. The van der Waals surface area contributed by atoms with Crippen molar-refractivity contribution < 1.29 is 0 Å². The maximum absolute atomic E-state index is 2.29. The molecular weight excluding hydrogens is 335 g/mol. The van der Waals surface area contributed by atoms with Crippen LogP contribution in [0.3, 0.4) is 0 Å². The molecule has 0 rings (SSSR count). The quantitative estimate of drug-likeness (QED) is 0.234. The van der Waals surface area contributed by atoms with Crippen LogP contribution in [0.15, 0.2) is 0 Å². The van der Waals surface area contributed by atoms with Crippen LogP contribution in [-0.2, 0) is 0 Å². The predicted molar refractivity (Wildman–Crippen MR) is 93.5 cm³/mol. The molecule has 0 atom stereocenters. The van der Waals surface area contributed by atoms with Crippen LogP contribution in [0.5, 0.6) is 0 Å². The molecule has 1 heteroatoms. The van der Waals surface area contributed by atoms with Gasteiger partial charge in [-0.2, -0.15) is 0 Å². The van der Waals surface area contributed by atoms with E-state index in [-0.39, 0.29) is 21.1 Å². The van der Waals surface area contributed by atoms with Crippen LogP contribution >= 0.6 is 0 Å². The summed E-state index contributed by atoms with van der Waals surface area (Å²) in [6, 6.07) is 0. The Morgan fingerprint density at radius 2 is 0.737 bits per heavy atom. The summed E-state index contributed by atoms with van der Waals surface area (Å²) in [6.07, 6.45) is 17.3. The first kappa shape index (κ1) is 22.1. The van der Waals surface area contributed by atoms with Gasteiger partial charge in [0, 0.05) is 0 Å². The molecule has 0 bridgehead atoms. The average molecular weight is 375 g/mol. The molecule has 0 N–H and O–H groups in total. The fourth-order valence-electron chi connectivity index (χ4n) is 1.94. The first-order valence-corrected chi connectivity index (χ1v) is 13.1. The van der Waals surface area contributed by atoms with Crippen LogP contribution < -0.4 is 0 Å². The normalized spacial score (nSPS) is 10.1. The number of hydrogen-bond donors (Lipinski definition) is 0. The van der Waals surface area contributed by atoms with Crippen LogP contribution in [-0.4, -0.2) is 21.1 Å².